The van der Waals surface area contributed by atoms with E-state index in [0.717, 1.165) is 11.6 Å². The number of methoxy groups -OCH3 is 1. The van der Waals surface area contributed by atoms with Crippen molar-refractivity contribution < 1.29 is 24.0 Å². The number of nitrogens with zero attached hydrogens (tertiary/aromatic N) is 1. The number of benzene rings is 2. The molecule has 1 unspecified atom stereocenters. The van der Waals surface area contributed by atoms with E-state index in [1.54, 1.807) is 20.1 Å². The highest BCUT2D eigenvalue weighted by atomic mass is 16.6. The fourth-order valence-electron chi connectivity index (χ4n) is 2.44. The lowest BCUT2D eigenvalue weighted by molar-refractivity contribution is -0.384. The molecule has 0 aromatic heterocycles. The van der Waals surface area contributed by atoms with Crippen molar-refractivity contribution in [1.82, 2.24) is 5.32 Å². The molecule has 0 saturated heterocycles. The number of hydrogen-bond donors (Lipinski definition) is 1. The Bertz CT molecular complexity index is 877. The molecule has 8 nitrogen and oxygen atoms in total. The highest BCUT2D eigenvalue weighted by molar-refractivity contribution is 5.89. The lowest BCUT2D eigenvalue weighted by Crippen LogP contribution is -2.31. The van der Waals surface area contributed by atoms with Crippen LogP contribution in [0.5, 0.6) is 5.75 Å². The lowest BCUT2D eigenvalue weighted by Gasteiger charge is -2.17. The van der Waals surface area contributed by atoms with E-state index in [1.807, 2.05) is 18.2 Å². The van der Waals surface area contributed by atoms with Gasteiger partial charge in [0.2, 0.25) is 0 Å². The SMILES string of the molecule is COc1ccccc1C(C)NC(=O)COC(=O)/C=C/c1ccc([N+](=O)[O-])cc1. The van der Waals surface area contributed by atoms with Crippen LogP contribution in [0.3, 0.4) is 0 Å². The number of ether oxygens (including phenoxy) is 2. The van der Waals surface area contributed by atoms with Crippen molar-refractivity contribution in [2.75, 3.05) is 13.7 Å². The highest BCUT2D eigenvalue weighted by Gasteiger charge is 2.14. The molecule has 28 heavy (non-hydrogen) atoms. The van der Waals surface area contributed by atoms with Crippen molar-refractivity contribution >= 4 is 23.6 Å². The Hall–Kier alpha value is -3.68. The molecule has 2 aromatic rings. The third-order valence-electron chi connectivity index (χ3n) is 3.84. The number of nitro groups is 1. The van der Waals surface area contributed by atoms with E-state index >= 15 is 0 Å². The van der Waals surface area contributed by atoms with Crippen LogP contribution in [0.15, 0.2) is 54.6 Å². The molecule has 2 rings (SSSR count). The van der Waals surface area contributed by atoms with Crippen molar-refractivity contribution in [1.29, 1.82) is 0 Å². The summed E-state index contributed by atoms with van der Waals surface area (Å²) in [6.45, 7) is 1.37. The summed E-state index contributed by atoms with van der Waals surface area (Å²) in [5.41, 5.74) is 1.36. The predicted molar refractivity (Wildman–Crippen MR) is 103 cm³/mol. The van der Waals surface area contributed by atoms with Gasteiger partial charge in [-0.3, -0.25) is 14.9 Å². The standard InChI is InChI=1S/C20H20N2O6/c1-14(17-5-3-4-6-18(17)27-2)21-19(23)13-28-20(24)12-9-15-7-10-16(11-8-15)22(25)26/h3-12,14H,13H2,1-2H3,(H,21,23)/b12-9+. The Labute approximate surface area is 161 Å². The summed E-state index contributed by atoms with van der Waals surface area (Å²) in [5, 5.41) is 13.3. The van der Waals surface area contributed by atoms with Gasteiger partial charge in [-0.2, -0.15) is 0 Å². The first-order chi connectivity index (χ1) is 13.4. The zero-order valence-electron chi connectivity index (χ0n) is 15.5. The summed E-state index contributed by atoms with van der Waals surface area (Å²) in [6.07, 6.45) is 2.60. The summed E-state index contributed by atoms with van der Waals surface area (Å²) < 4.78 is 10.2. The minimum Gasteiger partial charge on any atom is -0.496 e. The molecule has 8 heteroatoms. The Balaban J connectivity index is 1.83. The van der Waals surface area contributed by atoms with Crippen LogP contribution >= 0.6 is 0 Å². The van der Waals surface area contributed by atoms with E-state index in [0.29, 0.717) is 11.3 Å². The van der Waals surface area contributed by atoms with E-state index in [4.69, 9.17) is 9.47 Å². The Kier molecular flexibility index (Phi) is 7.27. The predicted octanol–water partition coefficient (Wildman–Crippen LogP) is 3.04. The first-order valence-electron chi connectivity index (χ1n) is 8.42. The molecule has 0 bridgehead atoms. The van der Waals surface area contributed by atoms with E-state index < -0.39 is 23.4 Å². The maximum absolute atomic E-state index is 12.0. The van der Waals surface area contributed by atoms with Crippen molar-refractivity contribution in [3.63, 3.8) is 0 Å². The number of carbonyl (C=O) groups excluding carboxylic acids is 2. The van der Waals surface area contributed by atoms with Crippen LogP contribution in [-0.2, 0) is 14.3 Å². The number of hydrogen-bond acceptors (Lipinski definition) is 6. The first kappa shape index (κ1) is 20.6. The molecule has 0 spiro atoms. The number of non-ortho nitro benzene ring substituents is 1. The highest BCUT2D eigenvalue weighted by Crippen LogP contribution is 2.24. The molecule has 2 aromatic carbocycles. The van der Waals surface area contributed by atoms with Crippen LogP contribution in [0.25, 0.3) is 6.08 Å². The number of amides is 1. The number of esters is 1. The van der Waals surface area contributed by atoms with Gasteiger partial charge in [0.25, 0.3) is 11.6 Å². The van der Waals surface area contributed by atoms with E-state index in [1.165, 1.54) is 30.3 Å². The van der Waals surface area contributed by atoms with Crippen LogP contribution < -0.4 is 10.1 Å². The molecule has 146 valence electrons. The molecule has 0 radical (unpaired) electrons. The molecule has 0 saturated carbocycles. The van der Waals surface area contributed by atoms with Crippen LogP contribution in [0.2, 0.25) is 0 Å². The molecule has 1 atom stereocenters. The largest absolute Gasteiger partial charge is 0.496 e. The topological polar surface area (TPSA) is 108 Å². The van der Waals surface area contributed by atoms with Gasteiger partial charge in [0.1, 0.15) is 5.75 Å². The fourth-order valence-corrected chi connectivity index (χ4v) is 2.44. The van der Waals surface area contributed by atoms with E-state index in [2.05, 4.69) is 5.32 Å². The molecule has 0 aliphatic rings. The van der Waals surface area contributed by atoms with E-state index in [9.17, 15) is 19.7 Å². The monoisotopic (exact) mass is 384 g/mol. The smallest absolute Gasteiger partial charge is 0.331 e. The number of carbonyl (C=O) groups is 2. The zero-order valence-corrected chi connectivity index (χ0v) is 15.5. The van der Waals surface area contributed by atoms with Gasteiger partial charge in [0.05, 0.1) is 18.1 Å². The molecular weight excluding hydrogens is 364 g/mol. The third-order valence-corrected chi connectivity index (χ3v) is 3.84. The Morgan fingerprint density at radius 2 is 1.86 bits per heavy atom. The number of para-hydroxylation sites is 1. The zero-order chi connectivity index (χ0) is 20.5. The van der Waals surface area contributed by atoms with E-state index in [-0.39, 0.29) is 11.7 Å². The molecule has 0 fully saturated rings. The quantitative estimate of drug-likeness (QED) is 0.324. The first-order valence-corrected chi connectivity index (χ1v) is 8.42. The summed E-state index contributed by atoms with van der Waals surface area (Å²) in [7, 11) is 1.55. The minimum absolute atomic E-state index is 0.0411. The van der Waals surface area contributed by atoms with Crippen molar-refractivity contribution in [2.24, 2.45) is 0 Å². The molecule has 1 amide bonds. The number of rotatable bonds is 8. The van der Waals surface area contributed by atoms with Crippen LogP contribution in [-0.4, -0.2) is 30.5 Å². The molecular formula is C20H20N2O6. The maximum atomic E-state index is 12.0. The Morgan fingerprint density at radius 1 is 1.18 bits per heavy atom. The summed E-state index contributed by atoms with van der Waals surface area (Å²) in [6, 6.07) is 12.6. The normalized spacial score (nSPS) is 11.6. The summed E-state index contributed by atoms with van der Waals surface area (Å²) in [5.74, 6) is -0.493. The van der Waals surface area contributed by atoms with Gasteiger partial charge in [0, 0.05) is 23.8 Å². The fraction of sp³-hybridized carbons (Fsp3) is 0.200. The summed E-state index contributed by atoms with van der Waals surface area (Å²) >= 11 is 0. The van der Waals surface area contributed by atoms with Gasteiger partial charge >= 0.3 is 5.97 Å². The maximum Gasteiger partial charge on any atom is 0.331 e. The average molecular weight is 384 g/mol. The molecule has 0 aliphatic carbocycles. The second-order valence-corrected chi connectivity index (χ2v) is 5.82. The second-order valence-electron chi connectivity index (χ2n) is 5.82. The van der Waals surface area contributed by atoms with Crippen LogP contribution in [0.1, 0.15) is 24.1 Å². The molecule has 0 heterocycles. The van der Waals surface area contributed by atoms with Crippen LogP contribution in [0, 0.1) is 10.1 Å². The third kappa shape index (κ3) is 5.94. The van der Waals surface area contributed by atoms with Gasteiger partial charge in [-0.05, 0) is 36.8 Å². The summed E-state index contributed by atoms with van der Waals surface area (Å²) in [4.78, 5) is 33.8. The van der Waals surface area contributed by atoms with Gasteiger partial charge in [-0.1, -0.05) is 18.2 Å². The van der Waals surface area contributed by atoms with Crippen molar-refractivity contribution in [3.8, 4) is 5.75 Å². The van der Waals surface area contributed by atoms with Gasteiger partial charge in [-0.25, -0.2) is 4.79 Å². The Morgan fingerprint density at radius 3 is 2.50 bits per heavy atom. The van der Waals surface area contributed by atoms with Crippen molar-refractivity contribution in [3.05, 3.63) is 75.8 Å². The average Bonchev–Trinajstić information content (AvgIpc) is 2.70. The van der Waals surface area contributed by atoms with Gasteiger partial charge in [-0.15, -0.1) is 0 Å². The van der Waals surface area contributed by atoms with Crippen molar-refractivity contribution in [2.45, 2.75) is 13.0 Å². The second kappa shape index (κ2) is 9.86. The lowest BCUT2D eigenvalue weighted by atomic mass is 10.1. The van der Waals surface area contributed by atoms with Crippen LogP contribution in [0.4, 0.5) is 5.69 Å². The van der Waals surface area contributed by atoms with Gasteiger partial charge < -0.3 is 14.8 Å². The molecule has 0 aliphatic heterocycles. The number of nitro benzene ring substituents is 1. The van der Waals surface area contributed by atoms with Gasteiger partial charge in [0.15, 0.2) is 6.61 Å². The minimum atomic E-state index is -0.696. The number of nitrogens with one attached hydrogen (secondary N) is 1. The molecule has 1 N–H and O–H groups in total.